The summed E-state index contributed by atoms with van der Waals surface area (Å²) >= 11 is 0. The molecule has 1 N–H and O–H groups in total. The fraction of sp³-hybridized carbons (Fsp3) is 0.455. The van der Waals surface area contributed by atoms with Crippen LogP contribution in [-0.4, -0.2) is 31.2 Å². The van der Waals surface area contributed by atoms with Crippen molar-refractivity contribution in [1.29, 1.82) is 0 Å². The van der Waals surface area contributed by atoms with Gasteiger partial charge in [0.05, 0.1) is 6.33 Å². The number of ether oxygens (including phenoxy) is 1. The van der Waals surface area contributed by atoms with Crippen LogP contribution in [0.15, 0.2) is 40.2 Å². The number of imidazole rings is 1. The van der Waals surface area contributed by atoms with Crippen molar-refractivity contribution in [3.05, 3.63) is 51.4 Å². The molecule has 0 saturated carbocycles. The van der Waals surface area contributed by atoms with Crippen LogP contribution in [0.5, 0.6) is 5.75 Å². The number of nitrogens with one attached hydrogen (secondary N) is 1. The molecule has 0 aliphatic heterocycles. The minimum Gasteiger partial charge on any atom is -0.435 e. The summed E-state index contributed by atoms with van der Waals surface area (Å²) in [4.78, 5) is 43.3. The number of aromatic nitrogens is 4. The second kappa shape index (κ2) is 9.97. The van der Waals surface area contributed by atoms with Crippen LogP contribution in [0, 0.1) is 11.8 Å². The number of carbonyl (C=O) groups is 1. The molecule has 9 nitrogen and oxygen atoms in total. The van der Waals surface area contributed by atoms with E-state index in [1.165, 1.54) is 35.2 Å². The van der Waals surface area contributed by atoms with Crippen molar-refractivity contribution in [2.75, 3.05) is 5.32 Å². The van der Waals surface area contributed by atoms with E-state index in [9.17, 15) is 23.2 Å². The molecule has 33 heavy (non-hydrogen) atoms. The van der Waals surface area contributed by atoms with Crippen LogP contribution < -0.4 is 21.3 Å². The number of amides is 1. The lowest BCUT2D eigenvalue weighted by Crippen LogP contribution is -2.43. The molecular formula is C22H27F2N5O4. The Hall–Kier alpha value is -3.50. The first kappa shape index (κ1) is 24.1. The van der Waals surface area contributed by atoms with Gasteiger partial charge in [0.25, 0.3) is 5.56 Å². The summed E-state index contributed by atoms with van der Waals surface area (Å²) in [7, 11) is 0. The van der Waals surface area contributed by atoms with Crippen molar-refractivity contribution in [3.63, 3.8) is 0 Å². The fourth-order valence-corrected chi connectivity index (χ4v) is 3.50. The van der Waals surface area contributed by atoms with Gasteiger partial charge in [0.1, 0.15) is 12.3 Å². The number of hydrogen-bond donors (Lipinski definition) is 1. The van der Waals surface area contributed by atoms with Crippen molar-refractivity contribution in [2.45, 2.75) is 53.9 Å². The normalized spacial score (nSPS) is 11.7. The number of anilines is 1. The van der Waals surface area contributed by atoms with Gasteiger partial charge >= 0.3 is 12.3 Å². The van der Waals surface area contributed by atoms with E-state index in [0.29, 0.717) is 24.4 Å². The molecule has 0 atom stereocenters. The molecule has 11 heteroatoms. The first-order valence-corrected chi connectivity index (χ1v) is 10.6. The van der Waals surface area contributed by atoms with Gasteiger partial charge in [0.15, 0.2) is 11.2 Å². The summed E-state index contributed by atoms with van der Waals surface area (Å²) < 4.78 is 32.9. The molecule has 2 heterocycles. The molecule has 2 aromatic heterocycles. The number of benzene rings is 1. The monoisotopic (exact) mass is 463 g/mol. The maximum absolute atomic E-state index is 13.2. The Balaban J connectivity index is 1.95. The lowest BCUT2D eigenvalue weighted by Gasteiger charge is -2.14. The highest BCUT2D eigenvalue weighted by atomic mass is 19.3. The minimum absolute atomic E-state index is 0.0559. The average Bonchev–Trinajstić information content (AvgIpc) is 3.12. The summed E-state index contributed by atoms with van der Waals surface area (Å²) in [6, 6.07) is 5.33. The molecule has 0 bridgehead atoms. The maximum Gasteiger partial charge on any atom is 0.387 e. The van der Waals surface area contributed by atoms with E-state index < -0.39 is 30.3 Å². The number of nitrogens with zero attached hydrogens (tertiary/aromatic N) is 4. The standard InChI is InChI=1S/C22H27F2N5O4/c1-13(2)9-27-12-25-19-18(27)20(31)29(22(32)28(19)10-14(3)4)11-17(30)26-15-5-7-16(8-6-15)33-21(23)24/h5-8,12-14,21H,9-11H2,1-4H3,(H,26,30). The third-order valence-corrected chi connectivity index (χ3v) is 4.76. The van der Waals surface area contributed by atoms with Crippen LogP contribution in [0.1, 0.15) is 27.7 Å². The van der Waals surface area contributed by atoms with Gasteiger partial charge in [0, 0.05) is 18.8 Å². The van der Waals surface area contributed by atoms with Gasteiger partial charge in [-0.25, -0.2) is 14.3 Å². The first-order valence-electron chi connectivity index (χ1n) is 10.6. The Kier molecular flexibility index (Phi) is 7.29. The van der Waals surface area contributed by atoms with Gasteiger partial charge in [-0.05, 0) is 36.1 Å². The highest BCUT2D eigenvalue weighted by Crippen LogP contribution is 2.18. The average molecular weight is 463 g/mol. The molecule has 0 aliphatic rings. The van der Waals surface area contributed by atoms with Gasteiger partial charge in [-0.2, -0.15) is 8.78 Å². The highest BCUT2D eigenvalue weighted by Gasteiger charge is 2.20. The Morgan fingerprint density at radius 1 is 1.03 bits per heavy atom. The Morgan fingerprint density at radius 3 is 2.24 bits per heavy atom. The van der Waals surface area contributed by atoms with Gasteiger partial charge in [0.2, 0.25) is 5.91 Å². The summed E-state index contributed by atoms with van der Waals surface area (Å²) in [5.74, 6) is -0.322. The van der Waals surface area contributed by atoms with Crippen LogP contribution in [0.3, 0.4) is 0 Å². The van der Waals surface area contributed by atoms with Crippen LogP contribution in [-0.2, 0) is 24.4 Å². The van der Waals surface area contributed by atoms with E-state index in [0.717, 1.165) is 4.57 Å². The predicted octanol–water partition coefficient (Wildman–Crippen LogP) is 2.91. The van der Waals surface area contributed by atoms with E-state index in [1.54, 1.807) is 4.57 Å². The van der Waals surface area contributed by atoms with Crippen molar-refractivity contribution in [1.82, 2.24) is 18.7 Å². The number of carbonyl (C=O) groups excluding carboxylic acids is 1. The topological polar surface area (TPSA) is 100 Å². The van der Waals surface area contributed by atoms with E-state index in [-0.39, 0.29) is 23.1 Å². The second-order valence-electron chi connectivity index (χ2n) is 8.59. The first-order chi connectivity index (χ1) is 15.6. The largest absolute Gasteiger partial charge is 0.435 e. The Labute approximate surface area is 188 Å². The second-order valence-corrected chi connectivity index (χ2v) is 8.59. The number of alkyl halides is 2. The van der Waals surface area contributed by atoms with Gasteiger partial charge in [-0.15, -0.1) is 0 Å². The Morgan fingerprint density at radius 2 is 1.67 bits per heavy atom. The number of fused-ring (bicyclic) bond motifs is 1. The lowest BCUT2D eigenvalue weighted by molar-refractivity contribution is -0.116. The van der Waals surface area contributed by atoms with Crippen LogP contribution in [0.4, 0.5) is 14.5 Å². The summed E-state index contributed by atoms with van der Waals surface area (Å²) in [6.45, 7) is 5.28. The van der Waals surface area contributed by atoms with Crippen molar-refractivity contribution in [2.24, 2.45) is 11.8 Å². The van der Waals surface area contributed by atoms with E-state index in [4.69, 9.17) is 0 Å². The van der Waals surface area contributed by atoms with Crippen LogP contribution in [0.25, 0.3) is 11.2 Å². The van der Waals surface area contributed by atoms with Gasteiger partial charge < -0.3 is 14.6 Å². The number of hydrogen-bond acceptors (Lipinski definition) is 5. The third-order valence-electron chi connectivity index (χ3n) is 4.76. The minimum atomic E-state index is -2.95. The summed E-state index contributed by atoms with van der Waals surface area (Å²) in [6.07, 6.45) is 1.54. The smallest absolute Gasteiger partial charge is 0.387 e. The molecular weight excluding hydrogens is 436 g/mol. The molecule has 0 fully saturated rings. The SMILES string of the molecule is CC(C)Cn1cnc2c1c(=O)n(CC(=O)Nc1ccc(OC(F)F)cc1)c(=O)n2CC(C)C. The molecule has 0 saturated heterocycles. The van der Waals surface area contributed by atoms with Gasteiger partial charge in [-0.1, -0.05) is 27.7 Å². The zero-order chi connectivity index (χ0) is 24.3. The van der Waals surface area contributed by atoms with E-state index in [2.05, 4.69) is 15.0 Å². The molecule has 0 radical (unpaired) electrons. The van der Waals surface area contributed by atoms with Crippen LogP contribution in [0.2, 0.25) is 0 Å². The summed E-state index contributed by atoms with van der Waals surface area (Å²) in [5.41, 5.74) is -0.338. The molecule has 1 amide bonds. The third kappa shape index (κ3) is 5.65. The molecule has 0 spiro atoms. The predicted molar refractivity (Wildman–Crippen MR) is 120 cm³/mol. The number of rotatable bonds is 9. The summed E-state index contributed by atoms with van der Waals surface area (Å²) in [5, 5.41) is 2.56. The van der Waals surface area contributed by atoms with E-state index >= 15 is 0 Å². The molecule has 3 aromatic rings. The molecule has 178 valence electrons. The van der Waals surface area contributed by atoms with Crippen LogP contribution >= 0.6 is 0 Å². The zero-order valence-electron chi connectivity index (χ0n) is 18.9. The van der Waals surface area contributed by atoms with Crippen molar-refractivity contribution >= 4 is 22.8 Å². The molecule has 0 unspecified atom stereocenters. The lowest BCUT2D eigenvalue weighted by atomic mass is 10.2. The Bertz CT molecular complexity index is 1240. The maximum atomic E-state index is 13.2. The van der Waals surface area contributed by atoms with Crippen molar-refractivity contribution < 1.29 is 18.3 Å². The van der Waals surface area contributed by atoms with Gasteiger partial charge in [-0.3, -0.25) is 14.2 Å². The molecule has 1 aromatic carbocycles. The molecule has 0 aliphatic carbocycles. The fourth-order valence-electron chi connectivity index (χ4n) is 3.50. The van der Waals surface area contributed by atoms with E-state index in [1.807, 2.05) is 27.7 Å². The highest BCUT2D eigenvalue weighted by molar-refractivity contribution is 5.90. The van der Waals surface area contributed by atoms with Crippen molar-refractivity contribution in [3.8, 4) is 5.75 Å². The zero-order valence-corrected chi connectivity index (χ0v) is 18.9. The quantitative estimate of drug-likeness (QED) is 0.526. The number of halogens is 2. The molecule has 3 rings (SSSR count).